The first kappa shape index (κ1) is 13.1. The lowest BCUT2D eigenvalue weighted by Crippen LogP contribution is -2.27. The van der Waals surface area contributed by atoms with E-state index in [1.807, 2.05) is 4.90 Å². The molecule has 2 rings (SSSR count). The maximum Gasteiger partial charge on any atom is 0.161 e. The van der Waals surface area contributed by atoms with Crippen LogP contribution < -0.4 is 4.90 Å². The van der Waals surface area contributed by atoms with Crippen LogP contribution in [0, 0.1) is 11.7 Å². The van der Waals surface area contributed by atoms with E-state index in [1.54, 1.807) is 12.1 Å². The highest BCUT2D eigenvalue weighted by molar-refractivity contribution is 5.99. The van der Waals surface area contributed by atoms with Crippen LogP contribution in [0.2, 0.25) is 0 Å². The second kappa shape index (κ2) is 5.51. The molecular formula is C15H20FNO. The summed E-state index contributed by atoms with van der Waals surface area (Å²) in [7, 11) is 0. The highest BCUT2D eigenvalue weighted by Gasteiger charge is 2.21. The average Bonchev–Trinajstić information content (AvgIpc) is 2.53. The second-order valence-corrected chi connectivity index (χ2v) is 5.22. The van der Waals surface area contributed by atoms with E-state index in [-0.39, 0.29) is 11.6 Å². The van der Waals surface area contributed by atoms with Gasteiger partial charge in [0.2, 0.25) is 0 Å². The summed E-state index contributed by atoms with van der Waals surface area (Å²) >= 11 is 0. The van der Waals surface area contributed by atoms with Gasteiger partial charge in [-0.25, -0.2) is 4.39 Å². The van der Waals surface area contributed by atoms with Crippen LogP contribution >= 0.6 is 0 Å². The number of hydrogen-bond donors (Lipinski definition) is 0. The lowest BCUT2D eigenvalue weighted by Gasteiger charge is -2.25. The summed E-state index contributed by atoms with van der Waals surface area (Å²) in [5.41, 5.74) is 1.00. The minimum atomic E-state index is -0.280. The minimum Gasteiger partial charge on any atom is -0.369 e. The predicted molar refractivity (Wildman–Crippen MR) is 71.6 cm³/mol. The normalized spacial score (nSPS) is 20.6. The monoisotopic (exact) mass is 249 g/mol. The van der Waals surface area contributed by atoms with E-state index in [9.17, 15) is 9.18 Å². The molecule has 18 heavy (non-hydrogen) atoms. The van der Waals surface area contributed by atoms with Gasteiger partial charge in [0.05, 0.1) is 5.69 Å². The van der Waals surface area contributed by atoms with Gasteiger partial charge in [-0.05, 0) is 44.2 Å². The Labute approximate surface area is 108 Å². The molecule has 0 bridgehead atoms. The molecule has 1 saturated heterocycles. The molecule has 1 aliphatic heterocycles. The molecule has 1 aliphatic rings. The molecule has 0 radical (unpaired) electrons. The molecule has 98 valence electrons. The van der Waals surface area contributed by atoms with E-state index in [0.29, 0.717) is 17.2 Å². The molecule has 1 aromatic carbocycles. The van der Waals surface area contributed by atoms with Gasteiger partial charge < -0.3 is 4.90 Å². The molecule has 1 atom stereocenters. The van der Waals surface area contributed by atoms with Crippen LogP contribution in [0.15, 0.2) is 18.2 Å². The SMILES string of the molecule is CC(=O)c1cccc(F)c1N1CCCC(C)CC1. The van der Waals surface area contributed by atoms with Gasteiger partial charge in [0.15, 0.2) is 5.78 Å². The van der Waals surface area contributed by atoms with Crippen LogP contribution in [0.5, 0.6) is 0 Å². The summed E-state index contributed by atoms with van der Waals surface area (Å²) in [4.78, 5) is 13.7. The van der Waals surface area contributed by atoms with Crippen LogP contribution in [0.4, 0.5) is 10.1 Å². The zero-order valence-corrected chi connectivity index (χ0v) is 11.1. The number of para-hydroxylation sites is 1. The molecular weight excluding hydrogens is 229 g/mol. The standard InChI is InChI=1S/C15H20FNO/c1-11-5-4-9-17(10-8-11)15-13(12(2)18)6-3-7-14(15)16/h3,6-7,11H,4-5,8-10H2,1-2H3. The van der Waals surface area contributed by atoms with E-state index in [2.05, 4.69) is 6.92 Å². The Morgan fingerprint density at radius 2 is 2.11 bits per heavy atom. The lowest BCUT2D eigenvalue weighted by atomic mass is 10.0. The van der Waals surface area contributed by atoms with Crippen molar-refractivity contribution < 1.29 is 9.18 Å². The lowest BCUT2D eigenvalue weighted by molar-refractivity contribution is 0.101. The van der Waals surface area contributed by atoms with E-state index in [1.165, 1.54) is 19.4 Å². The van der Waals surface area contributed by atoms with Crippen LogP contribution in [0.1, 0.15) is 43.5 Å². The van der Waals surface area contributed by atoms with Crippen molar-refractivity contribution in [1.29, 1.82) is 0 Å². The van der Waals surface area contributed by atoms with Gasteiger partial charge in [0.1, 0.15) is 5.82 Å². The van der Waals surface area contributed by atoms with Gasteiger partial charge in [-0.1, -0.05) is 13.0 Å². The topological polar surface area (TPSA) is 20.3 Å². The van der Waals surface area contributed by atoms with Crippen LogP contribution in [0.3, 0.4) is 0 Å². The number of ketones is 1. The van der Waals surface area contributed by atoms with Crippen molar-refractivity contribution in [3.63, 3.8) is 0 Å². The minimum absolute atomic E-state index is 0.0678. The molecule has 3 heteroatoms. The summed E-state index contributed by atoms with van der Waals surface area (Å²) in [5.74, 6) is 0.335. The van der Waals surface area contributed by atoms with E-state index in [4.69, 9.17) is 0 Å². The fourth-order valence-electron chi connectivity index (χ4n) is 2.61. The number of benzene rings is 1. The third-order valence-corrected chi connectivity index (χ3v) is 3.70. The Morgan fingerprint density at radius 1 is 1.33 bits per heavy atom. The van der Waals surface area contributed by atoms with E-state index >= 15 is 0 Å². The molecule has 1 heterocycles. The number of Topliss-reactive ketones (excluding diaryl/α,β-unsaturated/α-hetero) is 1. The van der Waals surface area contributed by atoms with E-state index in [0.717, 1.165) is 25.9 Å². The van der Waals surface area contributed by atoms with Gasteiger partial charge >= 0.3 is 0 Å². The predicted octanol–water partition coefficient (Wildman–Crippen LogP) is 3.65. The van der Waals surface area contributed by atoms with Gasteiger partial charge in [0, 0.05) is 18.7 Å². The molecule has 0 spiro atoms. The number of carbonyl (C=O) groups excluding carboxylic acids is 1. The first-order valence-corrected chi connectivity index (χ1v) is 6.64. The molecule has 2 nitrogen and oxygen atoms in total. The molecule has 1 fully saturated rings. The molecule has 1 aromatic rings. The van der Waals surface area contributed by atoms with Crippen molar-refractivity contribution in [1.82, 2.24) is 0 Å². The number of halogens is 1. The number of hydrogen-bond acceptors (Lipinski definition) is 2. The third-order valence-electron chi connectivity index (χ3n) is 3.70. The number of anilines is 1. The molecule has 0 saturated carbocycles. The third kappa shape index (κ3) is 2.71. The van der Waals surface area contributed by atoms with Gasteiger partial charge in [0.25, 0.3) is 0 Å². The first-order chi connectivity index (χ1) is 8.59. The van der Waals surface area contributed by atoms with Crippen LogP contribution in [0.25, 0.3) is 0 Å². The van der Waals surface area contributed by atoms with Gasteiger partial charge in [-0.2, -0.15) is 0 Å². The molecule has 1 unspecified atom stereocenters. The van der Waals surface area contributed by atoms with Crippen molar-refractivity contribution in [2.45, 2.75) is 33.1 Å². The molecule has 0 amide bonds. The van der Waals surface area contributed by atoms with Crippen molar-refractivity contribution in [3.05, 3.63) is 29.6 Å². The number of nitrogens with zero attached hydrogens (tertiary/aromatic N) is 1. The van der Waals surface area contributed by atoms with E-state index < -0.39 is 0 Å². The highest BCUT2D eigenvalue weighted by Crippen LogP contribution is 2.28. The summed E-state index contributed by atoms with van der Waals surface area (Å²) in [5, 5.41) is 0. The summed E-state index contributed by atoms with van der Waals surface area (Å²) in [6.45, 7) is 5.41. The zero-order chi connectivity index (χ0) is 13.1. The molecule has 0 aliphatic carbocycles. The van der Waals surface area contributed by atoms with Crippen LogP contribution in [-0.4, -0.2) is 18.9 Å². The van der Waals surface area contributed by atoms with Crippen LogP contribution in [-0.2, 0) is 0 Å². The van der Waals surface area contributed by atoms with Gasteiger partial charge in [-0.3, -0.25) is 4.79 Å². The van der Waals surface area contributed by atoms with Crippen molar-refractivity contribution in [3.8, 4) is 0 Å². The number of carbonyl (C=O) groups is 1. The second-order valence-electron chi connectivity index (χ2n) is 5.22. The fraction of sp³-hybridized carbons (Fsp3) is 0.533. The van der Waals surface area contributed by atoms with Crippen molar-refractivity contribution in [2.75, 3.05) is 18.0 Å². The Balaban J connectivity index is 2.34. The Hall–Kier alpha value is -1.38. The van der Waals surface area contributed by atoms with Crippen molar-refractivity contribution in [2.24, 2.45) is 5.92 Å². The van der Waals surface area contributed by atoms with Gasteiger partial charge in [-0.15, -0.1) is 0 Å². The fourth-order valence-corrected chi connectivity index (χ4v) is 2.61. The molecule has 0 N–H and O–H groups in total. The maximum absolute atomic E-state index is 14.0. The highest BCUT2D eigenvalue weighted by atomic mass is 19.1. The largest absolute Gasteiger partial charge is 0.369 e. The zero-order valence-electron chi connectivity index (χ0n) is 11.1. The smallest absolute Gasteiger partial charge is 0.161 e. The average molecular weight is 249 g/mol. The summed E-state index contributed by atoms with van der Waals surface area (Å²) < 4.78 is 14.0. The summed E-state index contributed by atoms with van der Waals surface area (Å²) in [6, 6.07) is 4.77. The maximum atomic E-state index is 14.0. The summed E-state index contributed by atoms with van der Waals surface area (Å²) in [6.07, 6.45) is 3.30. The van der Waals surface area contributed by atoms with Crippen molar-refractivity contribution >= 4 is 11.5 Å². The Morgan fingerprint density at radius 3 is 2.83 bits per heavy atom. The Kier molecular flexibility index (Phi) is 4.00. The molecule has 0 aromatic heterocycles. The Bertz CT molecular complexity index is 444. The first-order valence-electron chi connectivity index (χ1n) is 6.64. The quantitative estimate of drug-likeness (QED) is 0.746. The number of rotatable bonds is 2.